The summed E-state index contributed by atoms with van der Waals surface area (Å²) in [6.45, 7) is 5.03. The van der Waals surface area contributed by atoms with E-state index in [-0.39, 0.29) is 24.6 Å². The number of aromatic nitrogens is 3. The van der Waals surface area contributed by atoms with Crippen LogP contribution < -0.4 is 5.32 Å². The van der Waals surface area contributed by atoms with Crippen molar-refractivity contribution in [3.63, 3.8) is 0 Å². The number of nitrogens with one attached hydrogen (secondary N) is 2. The number of hydrogen-bond donors (Lipinski definition) is 3. The molecule has 2 heterocycles. The Morgan fingerprint density at radius 1 is 1.13 bits per heavy atom. The minimum Gasteiger partial charge on any atom is -0.464 e. The van der Waals surface area contributed by atoms with Crippen LogP contribution in [0.25, 0.3) is 11.1 Å². The number of aromatic amines is 1. The minimum atomic E-state index is -1.20. The molecule has 1 fully saturated rings. The second-order valence-corrected chi connectivity index (χ2v) is 9.82. The molecule has 10 nitrogen and oxygen atoms in total. The molecular formula is C28H35N5O5. The fraction of sp³-hybridized carbons (Fsp3) is 0.429. The summed E-state index contributed by atoms with van der Waals surface area (Å²) in [5.74, 6) is -0.878. The first-order chi connectivity index (χ1) is 18.5. The van der Waals surface area contributed by atoms with E-state index in [1.165, 1.54) is 6.20 Å². The van der Waals surface area contributed by atoms with Crippen LogP contribution in [-0.2, 0) is 20.7 Å². The average molecular weight is 522 g/mol. The van der Waals surface area contributed by atoms with Crippen LogP contribution in [-0.4, -0.2) is 89.4 Å². The molecule has 3 aromatic rings. The monoisotopic (exact) mass is 521 g/mol. The van der Waals surface area contributed by atoms with Gasteiger partial charge in [-0.05, 0) is 36.5 Å². The number of amides is 1. The summed E-state index contributed by atoms with van der Waals surface area (Å²) in [6.07, 6.45) is 1.98. The van der Waals surface area contributed by atoms with E-state index in [1.54, 1.807) is 6.92 Å². The number of aliphatic hydroxyl groups is 1. The molecule has 1 aromatic heterocycles. The van der Waals surface area contributed by atoms with Gasteiger partial charge in [-0.1, -0.05) is 59.8 Å². The number of ether oxygens (including phenoxy) is 2. The largest absolute Gasteiger partial charge is 0.464 e. The molecule has 0 bridgehead atoms. The number of rotatable bonds is 12. The van der Waals surface area contributed by atoms with E-state index in [9.17, 15) is 14.7 Å². The van der Waals surface area contributed by atoms with Crippen molar-refractivity contribution in [1.82, 2.24) is 25.6 Å². The SMILES string of the molecule is CC(CO)(CC(Cc1ccc(-c2ccccc2)cc1)NC(=O)c1cnn[nH]1)C(=O)OCCN1CCOCC1. The second-order valence-electron chi connectivity index (χ2n) is 9.82. The van der Waals surface area contributed by atoms with Gasteiger partial charge in [-0.25, -0.2) is 0 Å². The molecule has 10 heteroatoms. The Balaban J connectivity index is 1.43. The van der Waals surface area contributed by atoms with Gasteiger partial charge in [0.1, 0.15) is 12.3 Å². The lowest BCUT2D eigenvalue weighted by atomic mass is 9.82. The number of aliphatic hydroxyl groups excluding tert-OH is 1. The van der Waals surface area contributed by atoms with Gasteiger partial charge < -0.3 is 19.9 Å². The van der Waals surface area contributed by atoms with Crippen molar-refractivity contribution in [1.29, 1.82) is 0 Å². The molecule has 3 N–H and O–H groups in total. The standard InChI is InChI=1S/C28H35N5O5/c1-28(20-34,27(36)38-16-13-33-11-14-37-15-12-33)18-24(30-26(35)25-19-29-32-31-25)17-21-7-9-23(10-8-21)22-5-3-2-4-6-22/h2-10,19,24,34H,11-18,20H2,1H3,(H,30,35)(H,29,31,32). The van der Waals surface area contributed by atoms with Crippen molar-refractivity contribution in [2.75, 3.05) is 46.1 Å². The second kappa shape index (κ2) is 13.3. The summed E-state index contributed by atoms with van der Waals surface area (Å²) < 4.78 is 10.9. The number of morpholine rings is 1. The van der Waals surface area contributed by atoms with Gasteiger partial charge in [-0.15, -0.1) is 5.10 Å². The fourth-order valence-electron chi connectivity index (χ4n) is 4.52. The normalized spacial score (nSPS) is 16.4. The van der Waals surface area contributed by atoms with Crippen molar-refractivity contribution < 1.29 is 24.2 Å². The van der Waals surface area contributed by atoms with E-state index in [4.69, 9.17) is 9.47 Å². The third-order valence-electron chi connectivity index (χ3n) is 6.82. The number of H-pyrrole nitrogens is 1. The first-order valence-electron chi connectivity index (χ1n) is 12.9. The highest BCUT2D eigenvalue weighted by atomic mass is 16.5. The summed E-state index contributed by atoms with van der Waals surface area (Å²) in [7, 11) is 0. The molecule has 1 aliphatic rings. The van der Waals surface area contributed by atoms with Gasteiger partial charge in [-0.2, -0.15) is 0 Å². The number of hydrogen-bond acceptors (Lipinski definition) is 8. The lowest BCUT2D eigenvalue weighted by Gasteiger charge is -2.31. The molecule has 0 saturated carbocycles. The number of esters is 1. The van der Waals surface area contributed by atoms with E-state index < -0.39 is 24.0 Å². The summed E-state index contributed by atoms with van der Waals surface area (Å²) in [6, 6.07) is 17.7. The van der Waals surface area contributed by atoms with Gasteiger partial charge in [0, 0.05) is 25.7 Å². The number of carbonyl (C=O) groups is 2. The fourth-order valence-corrected chi connectivity index (χ4v) is 4.52. The summed E-state index contributed by atoms with van der Waals surface area (Å²) in [4.78, 5) is 28.1. The highest BCUT2D eigenvalue weighted by molar-refractivity contribution is 5.92. The van der Waals surface area contributed by atoms with Crippen LogP contribution in [0.1, 0.15) is 29.4 Å². The Hall–Kier alpha value is -3.60. The van der Waals surface area contributed by atoms with Gasteiger partial charge in [0.05, 0.1) is 31.4 Å². The maximum absolute atomic E-state index is 13.1. The highest BCUT2D eigenvalue weighted by Crippen LogP contribution is 2.27. The zero-order valence-corrected chi connectivity index (χ0v) is 21.6. The van der Waals surface area contributed by atoms with Crippen LogP contribution in [0.4, 0.5) is 0 Å². The Bertz CT molecular complexity index is 1150. The molecule has 0 spiro atoms. The molecule has 0 radical (unpaired) electrons. The Morgan fingerprint density at radius 3 is 2.50 bits per heavy atom. The third kappa shape index (κ3) is 7.47. The Kier molecular flexibility index (Phi) is 9.58. The van der Waals surface area contributed by atoms with E-state index in [1.807, 2.05) is 54.6 Å². The lowest BCUT2D eigenvalue weighted by Crippen LogP contribution is -2.45. The Morgan fingerprint density at radius 2 is 1.84 bits per heavy atom. The van der Waals surface area contributed by atoms with Crippen molar-refractivity contribution in [2.24, 2.45) is 5.41 Å². The predicted octanol–water partition coefficient (Wildman–Crippen LogP) is 2.08. The van der Waals surface area contributed by atoms with Gasteiger partial charge in [0.15, 0.2) is 0 Å². The zero-order chi connectivity index (χ0) is 26.8. The van der Waals surface area contributed by atoms with E-state index in [0.717, 1.165) is 29.8 Å². The summed E-state index contributed by atoms with van der Waals surface area (Å²) >= 11 is 0. The number of carbonyl (C=O) groups excluding carboxylic acids is 2. The molecule has 38 heavy (non-hydrogen) atoms. The molecule has 1 aliphatic heterocycles. The lowest BCUT2D eigenvalue weighted by molar-refractivity contribution is -0.159. The molecule has 4 rings (SSSR count). The van der Waals surface area contributed by atoms with Gasteiger partial charge in [-0.3, -0.25) is 19.6 Å². The van der Waals surface area contributed by atoms with Crippen LogP contribution in [0, 0.1) is 5.41 Å². The van der Waals surface area contributed by atoms with Crippen LogP contribution in [0.15, 0.2) is 60.8 Å². The Labute approximate surface area is 222 Å². The predicted molar refractivity (Wildman–Crippen MR) is 141 cm³/mol. The van der Waals surface area contributed by atoms with E-state index in [2.05, 4.69) is 25.6 Å². The maximum atomic E-state index is 13.1. The van der Waals surface area contributed by atoms with Gasteiger partial charge in [0.2, 0.25) is 0 Å². The van der Waals surface area contributed by atoms with Crippen LogP contribution in [0.3, 0.4) is 0 Å². The van der Waals surface area contributed by atoms with Crippen LogP contribution in [0.2, 0.25) is 0 Å². The minimum absolute atomic E-state index is 0.188. The van der Waals surface area contributed by atoms with Gasteiger partial charge in [0.25, 0.3) is 5.91 Å². The molecule has 202 valence electrons. The van der Waals surface area contributed by atoms with Crippen molar-refractivity contribution in [3.05, 3.63) is 72.1 Å². The van der Waals surface area contributed by atoms with Crippen molar-refractivity contribution >= 4 is 11.9 Å². The molecule has 2 aromatic carbocycles. The van der Waals surface area contributed by atoms with Crippen molar-refractivity contribution in [2.45, 2.75) is 25.8 Å². The first-order valence-corrected chi connectivity index (χ1v) is 12.9. The van der Waals surface area contributed by atoms with E-state index in [0.29, 0.717) is 26.2 Å². The average Bonchev–Trinajstić information content (AvgIpc) is 3.50. The van der Waals surface area contributed by atoms with Crippen LogP contribution in [0.5, 0.6) is 0 Å². The quantitative estimate of drug-likeness (QED) is 0.309. The first kappa shape index (κ1) is 27.4. The zero-order valence-electron chi connectivity index (χ0n) is 21.6. The van der Waals surface area contributed by atoms with Crippen molar-refractivity contribution in [3.8, 4) is 11.1 Å². The number of nitrogens with zero attached hydrogens (tertiary/aromatic N) is 3. The smallest absolute Gasteiger partial charge is 0.314 e. The topological polar surface area (TPSA) is 130 Å². The number of benzene rings is 2. The van der Waals surface area contributed by atoms with Crippen LogP contribution >= 0.6 is 0 Å². The molecule has 2 unspecified atom stereocenters. The third-order valence-corrected chi connectivity index (χ3v) is 6.82. The molecule has 1 saturated heterocycles. The maximum Gasteiger partial charge on any atom is 0.314 e. The molecule has 0 aliphatic carbocycles. The summed E-state index contributed by atoms with van der Waals surface area (Å²) in [5.41, 5.74) is 2.21. The van der Waals surface area contributed by atoms with Gasteiger partial charge >= 0.3 is 5.97 Å². The molecular weight excluding hydrogens is 486 g/mol. The molecule has 2 atom stereocenters. The molecule has 1 amide bonds. The highest BCUT2D eigenvalue weighted by Gasteiger charge is 2.37. The van der Waals surface area contributed by atoms with E-state index >= 15 is 0 Å². The summed E-state index contributed by atoms with van der Waals surface area (Å²) in [5, 5.41) is 23.0.